The van der Waals surface area contributed by atoms with Gasteiger partial charge < -0.3 is 19.4 Å². The summed E-state index contributed by atoms with van der Waals surface area (Å²) < 4.78 is 87.7. The molecule has 0 heterocycles. The van der Waals surface area contributed by atoms with E-state index in [2.05, 4.69) is 4.74 Å². The molecular weight excluding hydrogens is 486 g/mol. The average molecular weight is 505 g/mol. The van der Waals surface area contributed by atoms with Crippen molar-refractivity contribution in [3.05, 3.63) is 0 Å². The quantitative estimate of drug-likeness (QED) is 0.364. The smallest absolute Gasteiger partial charge is 0.437 e. The normalized spacial score (nSPS) is 29.2. The molecule has 4 fully saturated rings. The van der Waals surface area contributed by atoms with Crippen LogP contribution in [0.2, 0.25) is 0 Å². The van der Waals surface area contributed by atoms with Crippen LogP contribution in [0.3, 0.4) is 0 Å². The van der Waals surface area contributed by atoms with Crippen LogP contribution < -0.4 is 5.11 Å². The zero-order valence-corrected chi connectivity index (χ0v) is 17.7. The maximum Gasteiger partial charge on any atom is 0.437 e. The van der Waals surface area contributed by atoms with Crippen LogP contribution in [0.1, 0.15) is 38.5 Å². The number of halogens is 6. The van der Waals surface area contributed by atoms with Crippen LogP contribution in [0.5, 0.6) is 0 Å². The molecule has 4 rings (SSSR count). The molecule has 0 radical (unpaired) electrons. The second kappa shape index (κ2) is 8.66. The number of hydrogen-bond acceptors (Lipinski definition) is 8. The first-order valence-corrected chi connectivity index (χ1v) is 11.1. The number of Topliss-reactive ketones (excluding diaryl/α,β-unsaturated/α-hetero) is 1. The van der Waals surface area contributed by atoms with Gasteiger partial charge >= 0.3 is 29.9 Å². The lowest BCUT2D eigenvalue weighted by Crippen LogP contribution is -2.62. The lowest BCUT2D eigenvalue weighted by atomic mass is 9.53. The first-order chi connectivity index (χ1) is 15.1. The predicted octanol–water partition coefficient (Wildman–Crippen LogP) is 1.96. The zero-order valence-electron chi connectivity index (χ0n) is 16.9. The number of carbonyl (C=O) groups is 4. The molecule has 2 atom stereocenters. The second-order valence-corrected chi connectivity index (χ2v) is 9.73. The molecule has 4 aliphatic carbocycles. The third kappa shape index (κ3) is 5.09. The van der Waals surface area contributed by atoms with Crippen LogP contribution in [0.25, 0.3) is 0 Å². The van der Waals surface area contributed by atoms with E-state index in [9.17, 15) is 50.6 Å². The fourth-order valence-electron chi connectivity index (χ4n) is 5.23. The lowest BCUT2D eigenvalue weighted by Gasteiger charge is -2.54. The average Bonchev–Trinajstić information content (AvgIpc) is 2.62. The molecule has 0 aliphatic heterocycles. The summed E-state index contributed by atoms with van der Waals surface area (Å²) in [5.41, 5.74) is -6.10. The standard InChI is InChI=1S/C19H20F6O7S/c20-18(21,22)17(6-12(26)27,19(23,24)25)32-14(29)8-33-7-13(28)31-16-3-9-1-10(4-16)15(30)11(2-9)5-16/h9-11H,1-8H2,(H,26,27)/p-1. The van der Waals surface area contributed by atoms with Gasteiger partial charge in [0.1, 0.15) is 11.4 Å². The first kappa shape index (κ1) is 25.6. The molecule has 0 spiro atoms. The second-order valence-electron chi connectivity index (χ2n) is 8.74. The maximum absolute atomic E-state index is 13.1. The van der Waals surface area contributed by atoms with Gasteiger partial charge in [-0.25, -0.2) is 0 Å². The molecule has 4 aliphatic rings. The monoisotopic (exact) mass is 505 g/mol. The van der Waals surface area contributed by atoms with Crippen molar-refractivity contribution >= 4 is 35.5 Å². The molecule has 0 aromatic carbocycles. The Morgan fingerprint density at radius 2 is 1.45 bits per heavy atom. The molecule has 186 valence electrons. The number of hydrogen-bond donors (Lipinski definition) is 0. The Kier molecular flexibility index (Phi) is 6.72. The Bertz CT molecular complexity index is 807. The number of aliphatic carboxylic acids is 1. The van der Waals surface area contributed by atoms with Crippen LogP contribution in [0, 0.1) is 17.8 Å². The molecule has 0 aromatic rings. The number of carboxylic acid groups (broad SMARTS) is 1. The van der Waals surface area contributed by atoms with E-state index in [-0.39, 0.29) is 23.5 Å². The van der Waals surface area contributed by atoms with Gasteiger partial charge in [-0.05, 0) is 38.0 Å². The summed E-state index contributed by atoms with van der Waals surface area (Å²) in [6, 6.07) is 0. The highest BCUT2D eigenvalue weighted by atomic mass is 32.2. The fraction of sp³-hybridized carbons (Fsp3) is 0.789. The van der Waals surface area contributed by atoms with Gasteiger partial charge in [-0.2, -0.15) is 26.3 Å². The minimum atomic E-state index is -6.28. The number of carboxylic acids is 1. The van der Waals surface area contributed by atoms with Crippen molar-refractivity contribution < 1.29 is 60.1 Å². The van der Waals surface area contributed by atoms with E-state index < -0.39 is 59.4 Å². The van der Waals surface area contributed by atoms with Crippen molar-refractivity contribution in [2.24, 2.45) is 17.8 Å². The van der Waals surface area contributed by atoms with Gasteiger partial charge in [-0.3, -0.25) is 14.4 Å². The Labute approximate surface area is 187 Å². The lowest BCUT2D eigenvalue weighted by molar-refractivity contribution is -0.380. The number of alkyl halides is 6. The predicted molar refractivity (Wildman–Crippen MR) is 95.3 cm³/mol. The van der Waals surface area contributed by atoms with Crippen LogP contribution >= 0.6 is 11.8 Å². The van der Waals surface area contributed by atoms with Crippen LogP contribution in [0.4, 0.5) is 26.3 Å². The van der Waals surface area contributed by atoms with Gasteiger partial charge in [0, 0.05) is 24.2 Å². The molecule has 33 heavy (non-hydrogen) atoms. The highest BCUT2D eigenvalue weighted by Gasteiger charge is 2.74. The number of ether oxygens (including phenoxy) is 2. The minimum absolute atomic E-state index is 0.157. The van der Waals surface area contributed by atoms with Gasteiger partial charge in [-0.1, -0.05) is 0 Å². The van der Waals surface area contributed by atoms with Crippen molar-refractivity contribution in [3.63, 3.8) is 0 Å². The first-order valence-electron chi connectivity index (χ1n) is 9.96. The Morgan fingerprint density at radius 1 is 0.939 bits per heavy atom. The van der Waals surface area contributed by atoms with E-state index in [1.807, 2.05) is 0 Å². The molecular formula is C19H19F6O7S-. The summed E-state index contributed by atoms with van der Waals surface area (Å²) >= 11 is 0.366. The van der Waals surface area contributed by atoms with Crippen LogP contribution in [0.15, 0.2) is 0 Å². The largest absolute Gasteiger partial charge is 0.550 e. The summed E-state index contributed by atoms with van der Waals surface area (Å²) in [5, 5.41) is 10.5. The summed E-state index contributed by atoms with van der Waals surface area (Å²) in [7, 11) is 0. The third-order valence-electron chi connectivity index (χ3n) is 6.31. The number of ketones is 1. The number of carbonyl (C=O) groups excluding carboxylic acids is 4. The van der Waals surface area contributed by atoms with Gasteiger partial charge in [0.25, 0.3) is 0 Å². The van der Waals surface area contributed by atoms with Crippen molar-refractivity contribution in [2.45, 2.75) is 62.1 Å². The van der Waals surface area contributed by atoms with Crippen molar-refractivity contribution in [3.8, 4) is 0 Å². The van der Waals surface area contributed by atoms with E-state index in [0.717, 1.165) is 12.8 Å². The van der Waals surface area contributed by atoms with Gasteiger partial charge in [-0.15, -0.1) is 11.8 Å². The Hall–Kier alpha value is -1.99. The number of thioether (sulfide) groups is 1. The summed E-state index contributed by atoms with van der Waals surface area (Å²) in [5.74, 6) is -7.17. The van der Waals surface area contributed by atoms with E-state index in [1.54, 1.807) is 0 Å². The maximum atomic E-state index is 13.1. The molecule has 0 aromatic heterocycles. The summed E-state index contributed by atoms with van der Waals surface area (Å²) in [4.78, 5) is 46.6. The molecule has 14 heteroatoms. The molecule has 0 amide bonds. The summed E-state index contributed by atoms with van der Waals surface area (Å²) in [6.07, 6.45) is -12.4. The van der Waals surface area contributed by atoms with Gasteiger partial charge in [0.15, 0.2) is 0 Å². The summed E-state index contributed by atoms with van der Waals surface area (Å²) in [6.45, 7) is 0. The van der Waals surface area contributed by atoms with E-state index >= 15 is 0 Å². The van der Waals surface area contributed by atoms with Crippen LogP contribution in [-0.4, -0.2) is 58.8 Å². The molecule has 4 bridgehead atoms. The SMILES string of the molecule is O=C([O-])CC(OC(=O)CSCC(=O)OC12CC3CC(C1)C(=O)C(C3)C2)(C(F)(F)F)C(F)(F)F. The van der Waals surface area contributed by atoms with Crippen molar-refractivity contribution in [1.29, 1.82) is 0 Å². The van der Waals surface area contributed by atoms with Crippen LogP contribution in [-0.2, 0) is 28.7 Å². The van der Waals surface area contributed by atoms with E-state index in [0.29, 0.717) is 31.0 Å². The molecule has 7 nitrogen and oxygen atoms in total. The zero-order chi connectivity index (χ0) is 24.8. The molecule has 0 saturated heterocycles. The topological polar surface area (TPSA) is 110 Å². The van der Waals surface area contributed by atoms with Gasteiger partial charge in [0.05, 0.1) is 11.5 Å². The van der Waals surface area contributed by atoms with E-state index in [1.165, 1.54) is 0 Å². The number of rotatable bonds is 8. The van der Waals surface area contributed by atoms with Crippen molar-refractivity contribution in [1.82, 2.24) is 0 Å². The minimum Gasteiger partial charge on any atom is -0.550 e. The fourth-order valence-corrected chi connectivity index (χ4v) is 5.78. The highest BCUT2D eigenvalue weighted by Crippen LogP contribution is 2.55. The van der Waals surface area contributed by atoms with Crippen molar-refractivity contribution in [2.75, 3.05) is 11.5 Å². The number of esters is 2. The third-order valence-corrected chi connectivity index (χ3v) is 7.18. The highest BCUT2D eigenvalue weighted by molar-refractivity contribution is 8.00. The van der Waals surface area contributed by atoms with Gasteiger partial charge in [0.2, 0.25) is 0 Å². The molecule has 4 saturated carbocycles. The van der Waals surface area contributed by atoms with E-state index in [4.69, 9.17) is 4.74 Å². The Morgan fingerprint density at radius 3 is 1.94 bits per heavy atom. The Balaban J connectivity index is 1.55. The molecule has 0 N–H and O–H groups in total. The molecule has 2 unspecified atom stereocenters.